The average Bonchev–Trinajstić information content (AvgIpc) is 3.30. The molecule has 3 nitrogen and oxygen atoms in total. The minimum absolute atomic E-state index is 0.142. The van der Waals surface area contributed by atoms with E-state index in [-0.39, 0.29) is 17.1 Å². The first kappa shape index (κ1) is 14.2. The number of benzene rings is 1. The lowest BCUT2D eigenvalue weighted by molar-refractivity contribution is -0.125. The fraction of sp³-hybridized carbons (Fsp3) is 0.444. The zero-order valence-electron chi connectivity index (χ0n) is 12.4. The van der Waals surface area contributed by atoms with Crippen molar-refractivity contribution in [1.29, 1.82) is 0 Å². The second-order valence-electron chi connectivity index (χ2n) is 6.39. The number of ketones is 1. The van der Waals surface area contributed by atoms with Crippen LogP contribution in [0.1, 0.15) is 30.9 Å². The van der Waals surface area contributed by atoms with Gasteiger partial charge in [0.25, 0.3) is 0 Å². The molecule has 2 aliphatic heterocycles. The lowest BCUT2D eigenvalue weighted by atomic mass is 9.94. The zero-order valence-corrected chi connectivity index (χ0v) is 13.2. The summed E-state index contributed by atoms with van der Waals surface area (Å²) in [6.07, 6.45) is 4.82. The second-order valence-corrected chi connectivity index (χ2v) is 7.60. The number of rotatable bonds is 4. The predicted molar refractivity (Wildman–Crippen MR) is 87.6 cm³/mol. The second kappa shape index (κ2) is 5.67. The summed E-state index contributed by atoms with van der Waals surface area (Å²) in [6.45, 7) is 1.64. The number of thioether (sulfide) groups is 1. The third-order valence-corrected chi connectivity index (χ3v) is 5.94. The van der Waals surface area contributed by atoms with Gasteiger partial charge in [0.15, 0.2) is 5.78 Å². The van der Waals surface area contributed by atoms with Gasteiger partial charge in [-0.25, -0.2) is 0 Å². The predicted octanol–water partition coefficient (Wildman–Crippen LogP) is 2.98. The van der Waals surface area contributed by atoms with Crippen molar-refractivity contribution in [1.82, 2.24) is 4.90 Å². The van der Waals surface area contributed by atoms with Gasteiger partial charge in [-0.3, -0.25) is 14.5 Å². The van der Waals surface area contributed by atoms with E-state index in [4.69, 9.17) is 0 Å². The van der Waals surface area contributed by atoms with E-state index >= 15 is 0 Å². The highest BCUT2D eigenvalue weighted by atomic mass is 32.2. The number of carbonyl (C=O) groups excluding carboxylic acids is 2. The van der Waals surface area contributed by atoms with Crippen LogP contribution in [0.25, 0.3) is 0 Å². The maximum Gasteiger partial charge on any atom is 0.212 e. The SMILES string of the molecule is O=C1C=C2CN(C(C(=O)C3CC3)c3ccccc3)CCC2S1. The molecule has 1 aliphatic carbocycles. The number of hydrogen-bond donors (Lipinski definition) is 0. The standard InChI is InChI=1S/C18H19NO2S/c20-16-10-14-11-19(9-8-15(14)22-16)17(18(21)13-6-7-13)12-4-2-1-3-5-12/h1-5,10,13,15,17H,6-9,11H2. The molecule has 0 radical (unpaired) electrons. The molecule has 2 atom stereocenters. The monoisotopic (exact) mass is 313 g/mol. The van der Waals surface area contributed by atoms with Gasteiger partial charge in [0.1, 0.15) is 0 Å². The molecule has 1 aromatic rings. The first-order valence-electron chi connectivity index (χ1n) is 7.96. The number of piperidine rings is 1. The Labute approximate surface area is 134 Å². The lowest BCUT2D eigenvalue weighted by Crippen LogP contribution is -2.42. The van der Waals surface area contributed by atoms with E-state index in [9.17, 15) is 9.59 Å². The summed E-state index contributed by atoms with van der Waals surface area (Å²) in [5.74, 6) is 0.610. The summed E-state index contributed by atoms with van der Waals surface area (Å²) >= 11 is 1.44. The molecule has 0 spiro atoms. The molecule has 0 bridgehead atoms. The highest BCUT2D eigenvalue weighted by Gasteiger charge is 2.41. The van der Waals surface area contributed by atoms with Crippen LogP contribution in [0.2, 0.25) is 0 Å². The van der Waals surface area contributed by atoms with Crippen LogP contribution in [-0.4, -0.2) is 34.1 Å². The molecule has 2 unspecified atom stereocenters. The summed E-state index contributed by atoms with van der Waals surface area (Å²) in [5.41, 5.74) is 2.29. The van der Waals surface area contributed by atoms with Crippen LogP contribution in [0.3, 0.4) is 0 Å². The molecule has 1 saturated heterocycles. The Morgan fingerprint density at radius 2 is 1.95 bits per heavy atom. The molecular weight excluding hydrogens is 294 g/mol. The summed E-state index contributed by atoms with van der Waals surface area (Å²) in [7, 11) is 0. The lowest BCUT2D eigenvalue weighted by Gasteiger charge is -2.36. The van der Waals surface area contributed by atoms with Crippen molar-refractivity contribution in [2.75, 3.05) is 13.1 Å². The minimum atomic E-state index is -0.142. The molecule has 2 heterocycles. The van der Waals surface area contributed by atoms with E-state index in [2.05, 4.69) is 17.0 Å². The van der Waals surface area contributed by atoms with Gasteiger partial charge in [0, 0.05) is 24.3 Å². The summed E-state index contributed by atoms with van der Waals surface area (Å²) < 4.78 is 0. The number of nitrogens with zero attached hydrogens (tertiary/aromatic N) is 1. The first-order valence-corrected chi connectivity index (χ1v) is 8.84. The third kappa shape index (κ3) is 2.66. The Morgan fingerprint density at radius 3 is 2.68 bits per heavy atom. The number of Topliss-reactive ketones (excluding diaryl/α,β-unsaturated/α-hetero) is 1. The largest absolute Gasteiger partial charge is 0.297 e. The molecule has 114 valence electrons. The van der Waals surface area contributed by atoms with Crippen molar-refractivity contribution in [3.63, 3.8) is 0 Å². The van der Waals surface area contributed by atoms with E-state index in [0.717, 1.165) is 37.9 Å². The van der Waals surface area contributed by atoms with Crippen LogP contribution in [-0.2, 0) is 9.59 Å². The molecule has 0 aromatic heterocycles. The smallest absolute Gasteiger partial charge is 0.212 e. The van der Waals surface area contributed by atoms with E-state index in [1.54, 1.807) is 6.08 Å². The molecule has 3 aliphatic rings. The Morgan fingerprint density at radius 1 is 1.18 bits per heavy atom. The Kier molecular flexibility index (Phi) is 3.66. The topological polar surface area (TPSA) is 37.4 Å². The highest BCUT2D eigenvalue weighted by Crippen LogP contribution is 2.41. The molecule has 2 fully saturated rings. The number of likely N-dealkylation sites (tertiary alicyclic amines) is 1. The number of hydrogen-bond acceptors (Lipinski definition) is 4. The molecule has 22 heavy (non-hydrogen) atoms. The number of carbonyl (C=O) groups is 2. The van der Waals surface area contributed by atoms with Crippen LogP contribution in [0.4, 0.5) is 0 Å². The fourth-order valence-electron chi connectivity index (χ4n) is 3.48. The Bertz CT molecular complexity index is 636. The molecular formula is C18H19NO2S. The number of fused-ring (bicyclic) bond motifs is 1. The Hall–Kier alpha value is -1.39. The Balaban J connectivity index is 1.62. The van der Waals surface area contributed by atoms with Crippen LogP contribution in [0, 0.1) is 5.92 Å². The molecule has 4 rings (SSSR count). The van der Waals surface area contributed by atoms with Crippen molar-refractivity contribution in [2.24, 2.45) is 5.92 Å². The van der Waals surface area contributed by atoms with Crippen LogP contribution in [0.15, 0.2) is 42.0 Å². The van der Waals surface area contributed by atoms with Gasteiger partial charge in [0.2, 0.25) is 5.12 Å². The molecule has 1 saturated carbocycles. The van der Waals surface area contributed by atoms with Crippen molar-refractivity contribution < 1.29 is 9.59 Å². The molecule has 1 aromatic carbocycles. The maximum atomic E-state index is 12.8. The van der Waals surface area contributed by atoms with Crippen LogP contribution < -0.4 is 0 Å². The van der Waals surface area contributed by atoms with E-state index < -0.39 is 0 Å². The maximum absolute atomic E-state index is 12.8. The van der Waals surface area contributed by atoms with E-state index in [1.807, 2.05) is 18.2 Å². The highest BCUT2D eigenvalue weighted by molar-refractivity contribution is 8.15. The van der Waals surface area contributed by atoms with Gasteiger partial charge >= 0.3 is 0 Å². The summed E-state index contributed by atoms with van der Waals surface area (Å²) in [6, 6.07) is 9.96. The van der Waals surface area contributed by atoms with Crippen molar-refractivity contribution in [3.05, 3.63) is 47.5 Å². The van der Waals surface area contributed by atoms with Gasteiger partial charge in [-0.05, 0) is 36.5 Å². The first-order chi connectivity index (χ1) is 10.7. The van der Waals surface area contributed by atoms with Crippen LogP contribution in [0.5, 0.6) is 0 Å². The van der Waals surface area contributed by atoms with E-state index in [0.29, 0.717) is 11.0 Å². The quantitative estimate of drug-likeness (QED) is 0.856. The van der Waals surface area contributed by atoms with Gasteiger partial charge in [0.05, 0.1) is 6.04 Å². The van der Waals surface area contributed by atoms with Gasteiger partial charge in [-0.1, -0.05) is 42.1 Å². The summed E-state index contributed by atoms with van der Waals surface area (Å²) in [4.78, 5) is 26.7. The van der Waals surface area contributed by atoms with Crippen molar-refractivity contribution >= 4 is 22.7 Å². The molecule has 4 heteroatoms. The molecule has 0 amide bonds. The average molecular weight is 313 g/mol. The van der Waals surface area contributed by atoms with Gasteiger partial charge in [-0.2, -0.15) is 0 Å². The fourth-order valence-corrected chi connectivity index (χ4v) is 4.50. The van der Waals surface area contributed by atoms with Crippen molar-refractivity contribution in [2.45, 2.75) is 30.6 Å². The third-order valence-electron chi connectivity index (χ3n) is 4.77. The molecule has 0 N–H and O–H groups in total. The van der Waals surface area contributed by atoms with Gasteiger partial charge < -0.3 is 0 Å². The minimum Gasteiger partial charge on any atom is -0.297 e. The van der Waals surface area contributed by atoms with Crippen molar-refractivity contribution in [3.8, 4) is 0 Å². The zero-order chi connectivity index (χ0) is 15.1. The van der Waals surface area contributed by atoms with Gasteiger partial charge in [-0.15, -0.1) is 0 Å². The normalized spacial score (nSPS) is 26.5. The summed E-state index contributed by atoms with van der Waals surface area (Å²) in [5, 5.41) is 0.517. The van der Waals surface area contributed by atoms with E-state index in [1.165, 1.54) is 17.3 Å². The van der Waals surface area contributed by atoms with Crippen LogP contribution >= 0.6 is 11.8 Å².